The van der Waals surface area contributed by atoms with Crippen molar-refractivity contribution in [1.29, 1.82) is 0 Å². The van der Waals surface area contributed by atoms with Gasteiger partial charge in [0.05, 0.1) is 5.39 Å². The predicted octanol–water partition coefficient (Wildman–Crippen LogP) is 3.30. The number of hydrogen-bond acceptors (Lipinski definition) is 2. The summed E-state index contributed by atoms with van der Waals surface area (Å²) >= 11 is 5.72. The van der Waals surface area contributed by atoms with Gasteiger partial charge in [-0.25, -0.2) is 0 Å². The van der Waals surface area contributed by atoms with Gasteiger partial charge in [0.2, 0.25) is 5.22 Å². The zero-order valence-corrected chi connectivity index (χ0v) is 7.03. The molecule has 0 aliphatic heterocycles. The molecule has 2 aromatic rings. The van der Waals surface area contributed by atoms with Crippen molar-refractivity contribution >= 4 is 22.8 Å². The summed E-state index contributed by atoms with van der Waals surface area (Å²) in [5, 5.41) is 1.38. The van der Waals surface area contributed by atoms with Crippen LogP contribution in [-0.4, -0.2) is 0 Å². The molecule has 0 aliphatic carbocycles. The summed E-state index contributed by atoms with van der Waals surface area (Å²) in [6.07, 6.45) is 0. The molecule has 3 heteroatoms. The summed E-state index contributed by atoms with van der Waals surface area (Å²) in [7, 11) is 0. The minimum absolute atomic E-state index is 0.416. The lowest BCUT2D eigenvalue weighted by atomic mass is 10.3. The number of furan rings is 2. The summed E-state index contributed by atoms with van der Waals surface area (Å²) in [6, 6.07) is 1.92. The molecule has 0 unspecified atom stereocenters. The number of aryl methyl sites for hydroxylation is 2. The molecule has 2 aromatic heterocycles. The zero-order chi connectivity index (χ0) is 8.01. The van der Waals surface area contributed by atoms with Crippen molar-refractivity contribution in [2.75, 3.05) is 0 Å². The Morgan fingerprint density at radius 2 is 2.00 bits per heavy atom. The number of rotatable bonds is 0. The van der Waals surface area contributed by atoms with E-state index in [4.69, 9.17) is 20.4 Å². The van der Waals surface area contributed by atoms with Crippen LogP contribution >= 0.6 is 11.6 Å². The molecule has 0 saturated heterocycles. The van der Waals surface area contributed by atoms with Crippen LogP contribution in [0.5, 0.6) is 0 Å². The Labute approximate surface area is 68.7 Å². The molecular weight excluding hydrogens is 164 g/mol. The van der Waals surface area contributed by atoms with Crippen molar-refractivity contribution in [3.63, 3.8) is 0 Å². The maximum absolute atomic E-state index is 5.72. The molecule has 0 aliphatic rings. The summed E-state index contributed by atoms with van der Waals surface area (Å²) in [5.74, 6) is 1.36. The summed E-state index contributed by atoms with van der Waals surface area (Å²) in [4.78, 5) is 0. The second-order valence-corrected chi connectivity index (χ2v) is 2.90. The first-order chi connectivity index (χ1) is 5.18. The van der Waals surface area contributed by atoms with Crippen molar-refractivity contribution in [3.8, 4) is 0 Å². The minimum atomic E-state index is 0.416. The zero-order valence-electron chi connectivity index (χ0n) is 6.27. The van der Waals surface area contributed by atoms with Gasteiger partial charge in [-0.2, -0.15) is 0 Å². The Bertz CT molecular complexity index is 397. The van der Waals surface area contributed by atoms with E-state index in [2.05, 4.69) is 0 Å². The van der Waals surface area contributed by atoms with Crippen molar-refractivity contribution in [1.82, 2.24) is 0 Å². The second kappa shape index (κ2) is 2.05. The lowest BCUT2D eigenvalue weighted by Gasteiger charge is -1.81. The van der Waals surface area contributed by atoms with Crippen LogP contribution < -0.4 is 0 Å². The van der Waals surface area contributed by atoms with Crippen LogP contribution in [0.2, 0.25) is 5.22 Å². The van der Waals surface area contributed by atoms with E-state index in [1.807, 2.05) is 19.9 Å². The Hall–Kier alpha value is -0.890. The average Bonchev–Trinajstić information content (AvgIpc) is 2.37. The molecular formula is C8H7ClO2. The van der Waals surface area contributed by atoms with Crippen LogP contribution in [0.25, 0.3) is 11.2 Å². The van der Waals surface area contributed by atoms with Gasteiger partial charge in [0, 0.05) is 5.56 Å². The molecule has 0 amide bonds. The van der Waals surface area contributed by atoms with Crippen molar-refractivity contribution in [3.05, 3.63) is 22.6 Å². The van der Waals surface area contributed by atoms with Crippen LogP contribution in [0.4, 0.5) is 0 Å². The molecule has 0 fully saturated rings. The fourth-order valence-electron chi connectivity index (χ4n) is 1.09. The Morgan fingerprint density at radius 1 is 1.27 bits per heavy atom. The van der Waals surface area contributed by atoms with Crippen LogP contribution in [-0.2, 0) is 0 Å². The van der Waals surface area contributed by atoms with Crippen molar-refractivity contribution in [2.45, 2.75) is 13.8 Å². The van der Waals surface area contributed by atoms with Crippen LogP contribution in [0.15, 0.2) is 14.9 Å². The summed E-state index contributed by atoms with van der Waals surface area (Å²) in [6.45, 7) is 3.78. The fraction of sp³-hybridized carbons (Fsp3) is 0.250. The molecule has 0 bridgehead atoms. The van der Waals surface area contributed by atoms with Crippen molar-refractivity contribution < 1.29 is 8.83 Å². The van der Waals surface area contributed by atoms with Gasteiger partial charge in [-0.05, 0) is 31.5 Å². The van der Waals surface area contributed by atoms with Gasteiger partial charge < -0.3 is 8.83 Å². The van der Waals surface area contributed by atoms with Gasteiger partial charge in [-0.3, -0.25) is 0 Å². The van der Waals surface area contributed by atoms with E-state index >= 15 is 0 Å². The lowest BCUT2D eigenvalue weighted by molar-refractivity contribution is 0.462. The first-order valence-corrected chi connectivity index (χ1v) is 3.71. The van der Waals surface area contributed by atoms with Crippen molar-refractivity contribution in [2.24, 2.45) is 0 Å². The smallest absolute Gasteiger partial charge is 0.298 e. The van der Waals surface area contributed by atoms with E-state index in [0.717, 1.165) is 16.7 Å². The standard InChI is InChI=1S/C8H7ClO2/c1-4-3-6-5(2)7(9)11-8(6)10-4/h3H,1-2H3. The van der Waals surface area contributed by atoms with E-state index in [0.29, 0.717) is 11.0 Å². The molecule has 2 heterocycles. The topological polar surface area (TPSA) is 26.3 Å². The van der Waals surface area contributed by atoms with E-state index < -0.39 is 0 Å². The quantitative estimate of drug-likeness (QED) is 0.607. The highest BCUT2D eigenvalue weighted by Crippen LogP contribution is 2.30. The predicted molar refractivity (Wildman–Crippen MR) is 43.0 cm³/mol. The third-order valence-corrected chi connectivity index (χ3v) is 2.06. The molecule has 2 nitrogen and oxygen atoms in total. The highest BCUT2D eigenvalue weighted by molar-refractivity contribution is 6.30. The Balaban J connectivity index is 2.88. The first-order valence-electron chi connectivity index (χ1n) is 3.33. The molecule has 0 radical (unpaired) electrons. The molecule has 0 spiro atoms. The Morgan fingerprint density at radius 3 is 2.64 bits per heavy atom. The third-order valence-electron chi connectivity index (χ3n) is 1.70. The molecule has 0 N–H and O–H groups in total. The number of fused-ring (bicyclic) bond motifs is 1. The first kappa shape index (κ1) is 6.80. The highest BCUT2D eigenvalue weighted by atomic mass is 35.5. The monoisotopic (exact) mass is 170 g/mol. The molecule has 0 saturated carbocycles. The minimum Gasteiger partial charge on any atom is -0.430 e. The van der Waals surface area contributed by atoms with Gasteiger partial charge in [-0.15, -0.1) is 0 Å². The van der Waals surface area contributed by atoms with E-state index in [1.54, 1.807) is 0 Å². The summed E-state index contributed by atoms with van der Waals surface area (Å²) < 4.78 is 10.3. The summed E-state index contributed by atoms with van der Waals surface area (Å²) in [5.41, 5.74) is 0.943. The van der Waals surface area contributed by atoms with Gasteiger partial charge in [0.15, 0.2) is 0 Å². The lowest BCUT2D eigenvalue weighted by Crippen LogP contribution is -1.62. The van der Waals surface area contributed by atoms with Crippen LogP contribution in [0.1, 0.15) is 11.3 Å². The highest BCUT2D eigenvalue weighted by Gasteiger charge is 2.11. The number of hydrogen-bond donors (Lipinski definition) is 0. The second-order valence-electron chi connectivity index (χ2n) is 2.56. The molecule has 11 heavy (non-hydrogen) atoms. The fourth-order valence-corrected chi connectivity index (χ4v) is 1.27. The molecule has 0 aromatic carbocycles. The normalized spacial score (nSPS) is 11.2. The maximum atomic E-state index is 5.72. The van der Waals surface area contributed by atoms with Gasteiger partial charge in [-0.1, -0.05) is 0 Å². The largest absolute Gasteiger partial charge is 0.430 e. The maximum Gasteiger partial charge on any atom is 0.298 e. The molecule has 0 atom stereocenters. The van der Waals surface area contributed by atoms with Crippen LogP contribution in [0, 0.1) is 13.8 Å². The van der Waals surface area contributed by atoms with E-state index in [1.165, 1.54) is 0 Å². The molecule has 2 rings (SSSR count). The van der Waals surface area contributed by atoms with Gasteiger partial charge >= 0.3 is 0 Å². The van der Waals surface area contributed by atoms with Gasteiger partial charge in [0.25, 0.3) is 5.78 Å². The van der Waals surface area contributed by atoms with Gasteiger partial charge in [0.1, 0.15) is 5.76 Å². The molecule has 58 valence electrons. The average molecular weight is 171 g/mol. The van der Waals surface area contributed by atoms with E-state index in [-0.39, 0.29) is 0 Å². The third kappa shape index (κ3) is 0.862. The van der Waals surface area contributed by atoms with Crippen LogP contribution in [0.3, 0.4) is 0 Å². The Kier molecular flexibility index (Phi) is 1.26. The number of halogens is 1. The van der Waals surface area contributed by atoms with E-state index in [9.17, 15) is 0 Å². The SMILES string of the molecule is Cc1cc2c(C)c(Cl)oc2o1.